The fourth-order valence-corrected chi connectivity index (χ4v) is 3.94. The van der Waals surface area contributed by atoms with E-state index in [1.165, 1.54) is 12.8 Å². The van der Waals surface area contributed by atoms with E-state index in [0.29, 0.717) is 18.2 Å². The Balaban J connectivity index is 1.38. The van der Waals surface area contributed by atoms with Crippen LogP contribution in [0, 0.1) is 5.92 Å². The third-order valence-electron chi connectivity index (χ3n) is 5.65. The van der Waals surface area contributed by atoms with Crippen LogP contribution < -0.4 is 16.2 Å². The van der Waals surface area contributed by atoms with Crippen molar-refractivity contribution in [3.05, 3.63) is 60.4 Å². The van der Waals surface area contributed by atoms with E-state index >= 15 is 0 Å². The first-order valence-electron chi connectivity index (χ1n) is 9.87. The van der Waals surface area contributed by atoms with Crippen molar-refractivity contribution in [1.82, 2.24) is 26.1 Å². The number of benzene rings is 1. The van der Waals surface area contributed by atoms with Crippen LogP contribution in [0.2, 0.25) is 0 Å². The van der Waals surface area contributed by atoms with Gasteiger partial charge in [-0.25, -0.2) is 4.98 Å². The number of hydrogen-bond acceptors (Lipinski definition) is 5. The number of para-hydroxylation sites is 1. The third-order valence-corrected chi connectivity index (χ3v) is 5.65. The van der Waals surface area contributed by atoms with Gasteiger partial charge in [0.25, 0.3) is 5.91 Å². The maximum atomic E-state index is 13.0. The number of nitrogens with one attached hydrogen (secondary N) is 3. The summed E-state index contributed by atoms with van der Waals surface area (Å²) in [6.07, 6.45) is 7.17. The SMILES string of the molecule is O=C(NCC1CC(C2CC2)NN1)c1cc(-c2ccncc2)nc2ccccc12. The summed E-state index contributed by atoms with van der Waals surface area (Å²) in [6, 6.07) is 14.3. The summed E-state index contributed by atoms with van der Waals surface area (Å²) in [7, 11) is 0. The summed E-state index contributed by atoms with van der Waals surface area (Å²) in [6.45, 7) is 0.607. The zero-order valence-corrected chi connectivity index (χ0v) is 15.6. The standard InChI is InChI=1S/C22H23N5O/c28-22(24-13-16-11-21(27-26-16)14-5-6-14)18-12-20(15-7-9-23-10-8-15)25-19-4-2-1-3-17(18)19/h1-4,7-10,12,14,16,21,26-27H,5-6,11,13H2,(H,24,28). The smallest absolute Gasteiger partial charge is 0.252 e. The molecule has 3 heterocycles. The lowest BCUT2D eigenvalue weighted by atomic mass is 10.0. The highest BCUT2D eigenvalue weighted by atomic mass is 16.1. The molecule has 28 heavy (non-hydrogen) atoms. The molecule has 6 nitrogen and oxygen atoms in total. The van der Waals surface area contributed by atoms with Gasteiger partial charge in [0.05, 0.1) is 16.8 Å². The van der Waals surface area contributed by atoms with Gasteiger partial charge in [0.15, 0.2) is 0 Å². The molecule has 5 rings (SSSR count). The lowest BCUT2D eigenvalue weighted by Crippen LogP contribution is -2.40. The quantitative estimate of drug-likeness (QED) is 0.641. The molecule has 0 bridgehead atoms. The predicted molar refractivity (Wildman–Crippen MR) is 108 cm³/mol. The number of fused-ring (bicyclic) bond motifs is 1. The number of rotatable bonds is 5. The van der Waals surface area contributed by atoms with Crippen molar-refractivity contribution in [2.75, 3.05) is 6.54 Å². The van der Waals surface area contributed by atoms with Crippen LogP contribution in [-0.4, -0.2) is 34.5 Å². The Morgan fingerprint density at radius 2 is 1.93 bits per heavy atom. The molecule has 0 spiro atoms. The summed E-state index contributed by atoms with van der Waals surface area (Å²) in [5.41, 5.74) is 9.90. The van der Waals surface area contributed by atoms with Crippen molar-refractivity contribution in [2.45, 2.75) is 31.3 Å². The van der Waals surface area contributed by atoms with Crippen LogP contribution >= 0.6 is 0 Å². The number of pyridine rings is 2. The van der Waals surface area contributed by atoms with Crippen LogP contribution in [-0.2, 0) is 0 Å². The molecule has 1 saturated carbocycles. The van der Waals surface area contributed by atoms with Gasteiger partial charge in [0.2, 0.25) is 0 Å². The monoisotopic (exact) mass is 373 g/mol. The lowest BCUT2D eigenvalue weighted by molar-refractivity contribution is 0.0951. The molecule has 1 saturated heterocycles. The number of nitrogens with zero attached hydrogens (tertiary/aromatic N) is 2. The maximum absolute atomic E-state index is 13.0. The summed E-state index contributed by atoms with van der Waals surface area (Å²) in [5, 5.41) is 3.98. The van der Waals surface area contributed by atoms with Gasteiger partial charge in [-0.05, 0) is 49.4 Å². The van der Waals surface area contributed by atoms with Gasteiger partial charge in [-0.2, -0.15) is 0 Å². The van der Waals surface area contributed by atoms with Crippen LogP contribution in [0.1, 0.15) is 29.6 Å². The number of hydrazine groups is 1. The van der Waals surface area contributed by atoms with Crippen LogP contribution in [0.5, 0.6) is 0 Å². The highest BCUT2D eigenvalue weighted by Gasteiger charge is 2.36. The van der Waals surface area contributed by atoms with Gasteiger partial charge in [0.1, 0.15) is 0 Å². The van der Waals surface area contributed by atoms with E-state index in [4.69, 9.17) is 4.98 Å². The molecule has 3 aromatic rings. The number of hydrogen-bond donors (Lipinski definition) is 3. The molecule has 2 atom stereocenters. The second-order valence-corrected chi connectivity index (χ2v) is 7.68. The molecule has 1 aromatic carbocycles. The van der Waals surface area contributed by atoms with Gasteiger partial charge in [-0.1, -0.05) is 18.2 Å². The normalized spacial score (nSPS) is 21.7. The highest BCUT2D eigenvalue weighted by Crippen LogP contribution is 2.35. The fourth-order valence-electron chi connectivity index (χ4n) is 3.94. The Bertz CT molecular complexity index is 1000. The Morgan fingerprint density at radius 3 is 2.75 bits per heavy atom. The molecular weight excluding hydrogens is 350 g/mol. The van der Waals surface area contributed by atoms with E-state index in [1.54, 1.807) is 12.4 Å². The van der Waals surface area contributed by atoms with E-state index < -0.39 is 0 Å². The minimum Gasteiger partial charge on any atom is -0.350 e. The Morgan fingerprint density at radius 1 is 1.11 bits per heavy atom. The van der Waals surface area contributed by atoms with Crippen molar-refractivity contribution in [3.8, 4) is 11.3 Å². The zero-order chi connectivity index (χ0) is 18.9. The first-order chi connectivity index (χ1) is 13.8. The summed E-state index contributed by atoms with van der Waals surface area (Å²) >= 11 is 0. The van der Waals surface area contributed by atoms with Crippen molar-refractivity contribution in [2.24, 2.45) is 5.92 Å². The van der Waals surface area contributed by atoms with E-state index in [2.05, 4.69) is 21.2 Å². The molecule has 3 N–H and O–H groups in total. The van der Waals surface area contributed by atoms with E-state index in [0.717, 1.165) is 34.5 Å². The molecule has 2 unspecified atom stereocenters. The molecule has 1 aliphatic heterocycles. The van der Waals surface area contributed by atoms with Gasteiger partial charge >= 0.3 is 0 Å². The van der Waals surface area contributed by atoms with Crippen molar-refractivity contribution in [1.29, 1.82) is 0 Å². The summed E-state index contributed by atoms with van der Waals surface area (Å²) < 4.78 is 0. The topological polar surface area (TPSA) is 78.9 Å². The van der Waals surface area contributed by atoms with E-state index in [1.807, 2.05) is 42.5 Å². The van der Waals surface area contributed by atoms with E-state index in [-0.39, 0.29) is 11.9 Å². The summed E-state index contributed by atoms with van der Waals surface area (Å²) in [4.78, 5) is 21.8. The second kappa shape index (κ2) is 7.30. The molecule has 6 heteroatoms. The van der Waals surface area contributed by atoms with Crippen LogP contribution in [0.25, 0.3) is 22.2 Å². The molecular formula is C22H23N5O. The fraction of sp³-hybridized carbons (Fsp3) is 0.318. The average molecular weight is 373 g/mol. The minimum absolute atomic E-state index is 0.0643. The predicted octanol–water partition coefficient (Wildman–Crippen LogP) is 2.67. The first kappa shape index (κ1) is 17.3. The van der Waals surface area contributed by atoms with Gasteiger partial charge in [-0.3, -0.25) is 20.6 Å². The number of carbonyl (C=O) groups excluding carboxylic acids is 1. The Kier molecular flexibility index (Phi) is 4.50. The van der Waals surface area contributed by atoms with Crippen LogP contribution in [0.15, 0.2) is 54.9 Å². The number of amides is 1. The zero-order valence-electron chi connectivity index (χ0n) is 15.6. The molecule has 1 amide bonds. The summed E-state index contributed by atoms with van der Waals surface area (Å²) in [5.74, 6) is 0.742. The third kappa shape index (κ3) is 3.48. The lowest BCUT2D eigenvalue weighted by Gasteiger charge is -2.13. The van der Waals surface area contributed by atoms with Gasteiger partial charge < -0.3 is 5.32 Å². The van der Waals surface area contributed by atoms with Crippen LogP contribution in [0.4, 0.5) is 0 Å². The van der Waals surface area contributed by atoms with Crippen molar-refractivity contribution < 1.29 is 4.79 Å². The minimum atomic E-state index is -0.0643. The van der Waals surface area contributed by atoms with Crippen LogP contribution in [0.3, 0.4) is 0 Å². The molecule has 0 radical (unpaired) electrons. The molecule has 2 aromatic heterocycles. The second-order valence-electron chi connectivity index (χ2n) is 7.68. The van der Waals surface area contributed by atoms with Gasteiger partial charge in [0, 0.05) is 42.0 Å². The molecule has 2 aliphatic rings. The van der Waals surface area contributed by atoms with Crippen molar-refractivity contribution >= 4 is 16.8 Å². The Hall–Kier alpha value is -2.83. The average Bonchev–Trinajstić information content (AvgIpc) is 3.50. The largest absolute Gasteiger partial charge is 0.350 e. The van der Waals surface area contributed by atoms with Gasteiger partial charge in [-0.15, -0.1) is 0 Å². The number of carbonyl (C=O) groups is 1. The Labute approximate surface area is 163 Å². The van der Waals surface area contributed by atoms with E-state index in [9.17, 15) is 4.79 Å². The molecule has 1 aliphatic carbocycles. The molecule has 2 fully saturated rings. The molecule has 142 valence electrons. The number of aromatic nitrogens is 2. The highest BCUT2D eigenvalue weighted by molar-refractivity contribution is 6.07. The van der Waals surface area contributed by atoms with Crippen molar-refractivity contribution in [3.63, 3.8) is 0 Å². The first-order valence-corrected chi connectivity index (χ1v) is 9.87. The maximum Gasteiger partial charge on any atom is 0.252 e.